The number of ether oxygens (including phenoxy) is 1. The Morgan fingerprint density at radius 3 is 2.81 bits per heavy atom. The van der Waals surface area contributed by atoms with Gasteiger partial charge in [-0.2, -0.15) is 0 Å². The average Bonchev–Trinajstić information content (AvgIpc) is 2.42. The molecule has 16 heavy (non-hydrogen) atoms. The Kier molecular flexibility index (Phi) is 3.01. The van der Waals surface area contributed by atoms with Gasteiger partial charge in [0, 0.05) is 16.4 Å². The van der Waals surface area contributed by atoms with Crippen LogP contribution in [-0.2, 0) is 12.8 Å². The summed E-state index contributed by atoms with van der Waals surface area (Å²) in [5, 5.41) is 0. The standard InChI is InChI=1S/C13H18BrNO/c1-8-4-9-5-11(14)6-10(12(9)16-8)7-13(2,3)15/h5-6,8H,4,7,15H2,1-3H3. The van der Waals surface area contributed by atoms with Crippen molar-refractivity contribution >= 4 is 15.9 Å². The zero-order valence-electron chi connectivity index (χ0n) is 10.0. The zero-order chi connectivity index (χ0) is 11.9. The molecule has 1 unspecified atom stereocenters. The lowest BCUT2D eigenvalue weighted by Crippen LogP contribution is -2.34. The van der Waals surface area contributed by atoms with Gasteiger partial charge in [-0.05, 0) is 50.5 Å². The van der Waals surface area contributed by atoms with Crippen molar-refractivity contribution in [2.45, 2.75) is 45.3 Å². The van der Waals surface area contributed by atoms with Crippen LogP contribution in [0.3, 0.4) is 0 Å². The average molecular weight is 284 g/mol. The fourth-order valence-corrected chi connectivity index (χ4v) is 2.74. The Balaban J connectivity index is 2.39. The SMILES string of the molecule is CC1Cc2cc(Br)cc(CC(C)(C)N)c2O1. The summed E-state index contributed by atoms with van der Waals surface area (Å²) < 4.78 is 6.98. The van der Waals surface area contributed by atoms with Gasteiger partial charge in [-0.1, -0.05) is 15.9 Å². The van der Waals surface area contributed by atoms with E-state index in [0.717, 1.165) is 23.1 Å². The van der Waals surface area contributed by atoms with Crippen LogP contribution in [0.1, 0.15) is 31.9 Å². The van der Waals surface area contributed by atoms with Crippen molar-refractivity contribution in [1.29, 1.82) is 0 Å². The zero-order valence-corrected chi connectivity index (χ0v) is 11.6. The number of benzene rings is 1. The minimum absolute atomic E-state index is 0.205. The van der Waals surface area contributed by atoms with Crippen LogP contribution in [0, 0.1) is 0 Å². The third-order valence-corrected chi connectivity index (χ3v) is 3.14. The number of halogens is 1. The molecule has 1 aromatic carbocycles. The van der Waals surface area contributed by atoms with Crippen molar-refractivity contribution in [3.05, 3.63) is 27.7 Å². The summed E-state index contributed by atoms with van der Waals surface area (Å²) in [5.74, 6) is 1.05. The Hall–Kier alpha value is -0.540. The van der Waals surface area contributed by atoms with Gasteiger partial charge in [0.05, 0.1) is 0 Å². The van der Waals surface area contributed by atoms with E-state index < -0.39 is 0 Å². The van der Waals surface area contributed by atoms with Crippen LogP contribution < -0.4 is 10.5 Å². The lowest BCUT2D eigenvalue weighted by atomic mass is 9.94. The number of fused-ring (bicyclic) bond motifs is 1. The molecule has 0 bridgehead atoms. The second-order valence-corrected chi connectivity index (χ2v) is 6.27. The van der Waals surface area contributed by atoms with Gasteiger partial charge >= 0.3 is 0 Å². The summed E-state index contributed by atoms with van der Waals surface area (Å²) in [6, 6.07) is 4.26. The van der Waals surface area contributed by atoms with E-state index in [1.807, 2.05) is 13.8 Å². The molecule has 0 saturated carbocycles. The highest BCUT2D eigenvalue weighted by molar-refractivity contribution is 9.10. The molecule has 0 saturated heterocycles. The van der Waals surface area contributed by atoms with E-state index in [2.05, 4.69) is 35.0 Å². The van der Waals surface area contributed by atoms with Crippen molar-refractivity contribution in [3.8, 4) is 5.75 Å². The normalized spacial score (nSPS) is 19.4. The van der Waals surface area contributed by atoms with Crippen molar-refractivity contribution < 1.29 is 4.74 Å². The molecule has 2 nitrogen and oxygen atoms in total. The number of rotatable bonds is 2. The Morgan fingerprint density at radius 1 is 1.50 bits per heavy atom. The van der Waals surface area contributed by atoms with Gasteiger partial charge in [0.25, 0.3) is 0 Å². The fourth-order valence-electron chi connectivity index (χ4n) is 2.19. The van der Waals surface area contributed by atoms with Crippen molar-refractivity contribution in [2.75, 3.05) is 0 Å². The molecule has 0 aliphatic carbocycles. The van der Waals surface area contributed by atoms with Crippen LogP contribution in [0.15, 0.2) is 16.6 Å². The number of nitrogens with two attached hydrogens (primary N) is 1. The molecule has 0 radical (unpaired) electrons. The monoisotopic (exact) mass is 283 g/mol. The van der Waals surface area contributed by atoms with E-state index in [-0.39, 0.29) is 11.6 Å². The molecule has 0 amide bonds. The highest BCUT2D eigenvalue weighted by atomic mass is 79.9. The van der Waals surface area contributed by atoms with Gasteiger partial charge in [-0.15, -0.1) is 0 Å². The summed E-state index contributed by atoms with van der Waals surface area (Å²) in [5.41, 5.74) is 8.37. The van der Waals surface area contributed by atoms with E-state index in [1.165, 1.54) is 11.1 Å². The maximum atomic E-state index is 6.08. The highest BCUT2D eigenvalue weighted by Crippen LogP contribution is 2.36. The van der Waals surface area contributed by atoms with E-state index in [1.54, 1.807) is 0 Å². The Bertz CT molecular complexity index is 409. The van der Waals surface area contributed by atoms with Crippen LogP contribution in [-0.4, -0.2) is 11.6 Å². The topological polar surface area (TPSA) is 35.2 Å². The van der Waals surface area contributed by atoms with E-state index in [4.69, 9.17) is 10.5 Å². The molecular weight excluding hydrogens is 266 g/mol. The largest absolute Gasteiger partial charge is 0.490 e. The quantitative estimate of drug-likeness (QED) is 0.906. The van der Waals surface area contributed by atoms with Crippen LogP contribution in [0.2, 0.25) is 0 Å². The summed E-state index contributed by atoms with van der Waals surface area (Å²) in [7, 11) is 0. The first kappa shape index (κ1) is 11.9. The van der Waals surface area contributed by atoms with Gasteiger partial charge in [-0.25, -0.2) is 0 Å². The fraction of sp³-hybridized carbons (Fsp3) is 0.538. The molecular formula is C13H18BrNO. The molecule has 1 aromatic rings. The van der Waals surface area contributed by atoms with Crippen LogP contribution in [0.5, 0.6) is 5.75 Å². The lowest BCUT2D eigenvalue weighted by Gasteiger charge is -2.20. The van der Waals surface area contributed by atoms with Crippen molar-refractivity contribution in [3.63, 3.8) is 0 Å². The molecule has 3 heteroatoms. The number of hydrogen-bond acceptors (Lipinski definition) is 2. The summed E-state index contributed by atoms with van der Waals surface area (Å²) in [6.07, 6.45) is 2.11. The summed E-state index contributed by atoms with van der Waals surface area (Å²) >= 11 is 3.55. The molecule has 0 fully saturated rings. The maximum Gasteiger partial charge on any atom is 0.126 e. The third kappa shape index (κ3) is 2.58. The second-order valence-electron chi connectivity index (χ2n) is 5.35. The molecule has 1 heterocycles. The van der Waals surface area contributed by atoms with Gasteiger partial charge in [0.1, 0.15) is 11.9 Å². The minimum atomic E-state index is -0.205. The molecule has 88 valence electrons. The molecule has 1 aliphatic heterocycles. The molecule has 0 spiro atoms. The van der Waals surface area contributed by atoms with Gasteiger partial charge in [0.15, 0.2) is 0 Å². The van der Waals surface area contributed by atoms with Crippen LogP contribution >= 0.6 is 15.9 Å². The highest BCUT2D eigenvalue weighted by Gasteiger charge is 2.25. The first-order valence-corrected chi connectivity index (χ1v) is 6.41. The smallest absolute Gasteiger partial charge is 0.126 e. The molecule has 1 aliphatic rings. The molecule has 0 aromatic heterocycles. The predicted octanol–water partition coefficient (Wildman–Crippen LogP) is 3.05. The van der Waals surface area contributed by atoms with Gasteiger partial charge < -0.3 is 10.5 Å². The number of hydrogen-bond donors (Lipinski definition) is 1. The van der Waals surface area contributed by atoms with Crippen LogP contribution in [0.25, 0.3) is 0 Å². The Morgan fingerprint density at radius 2 is 2.19 bits per heavy atom. The second kappa shape index (κ2) is 4.04. The predicted molar refractivity (Wildman–Crippen MR) is 69.9 cm³/mol. The summed E-state index contributed by atoms with van der Waals surface area (Å²) in [4.78, 5) is 0. The van der Waals surface area contributed by atoms with Crippen LogP contribution in [0.4, 0.5) is 0 Å². The first-order chi connectivity index (χ1) is 7.35. The van der Waals surface area contributed by atoms with E-state index in [9.17, 15) is 0 Å². The van der Waals surface area contributed by atoms with Crippen molar-refractivity contribution in [1.82, 2.24) is 0 Å². The van der Waals surface area contributed by atoms with Gasteiger partial charge in [-0.3, -0.25) is 0 Å². The minimum Gasteiger partial charge on any atom is -0.490 e. The maximum absolute atomic E-state index is 6.08. The molecule has 2 N–H and O–H groups in total. The lowest BCUT2D eigenvalue weighted by molar-refractivity contribution is 0.251. The molecule has 1 atom stereocenters. The van der Waals surface area contributed by atoms with E-state index in [0.29, 0.717) is 0 Å². The van der Waals surface area contributed by atoms with Crippen molar-refractivity contribution in [2.24, 2.45) is 5.73 Å². The molecule has 2 rings (SSSR count). The third-order valence-electron chi connectivity index (χ3n) is 2.68. The Labute approximate surface area is 105 Å². The van der Waals surface area contributed by atoms with E-state index >= 15 is 0 Å². The first-order valence-electron chi connectivity index (χ1n) is 5.62. The summed E-state index contributed by atoms with van der Waals surface area (Å²) in [6.45, 7) is 6.18. The van der Waals surface area contributed by atoms with Gasteiger partial charge in [0.2, 0.25) is 0 Å².